The van der Waals surface area contributed by atoms with Gasteiger partial charge in [0.1, 0.15) is 11.6 Å². The van der Waals surface area contributed by atoms with E-state index in [1.54, 1.807) is 0 Å². The number of nitrogens with zero attached hydrogens (tertiary/aromatic N) is 1. The number of nitrogens with one attached hydrogen (secondary N) is 1. The van der Waals surface area contributed by atoms with Crippen molar-refractivity contribution < 1.29 is 40.7 Å². The first kappa shape index (κ1) is 29.2. The molecule has 1 N–H and O–H groups in total. The van der Waals surface area contributed by atoms with Gasteiger partial charge in [-0.2, -0.15) is 26.3 Å². The average molecular weight is 603 g/mol. The number of hydrogen-bond acceptors (Lipinski definition) is 5. The van der Waals surface area contributed by atoms with Gasteiger partial charge in [-0.25, -0.2) is 9.78 Å². The maximum absolute atomic E-state index is 14.0. The molecule has 5 rings (SSSR count). The van der Waals surface area contributed by atoms with E-state index < -0.39 is 46.6 Å². The zero-order valence-electron chi connectivity index (χ0n) is 21.4. The van der Waals surface area contributed by atoms with Crippen molar-refractivity contribution in [3.8, 4) is 11.1 Å². The van der Waals surface area contributed by atoms with E-state index in [1.807, 2.05) is 48.5 Å². The maximum atomic E-state index is 14.0. The molecule has 0 atom stereocenters. The number of halogens is 6. The number of ether oxygens (including phenoxy) is 1. The van der Waals surface area contributed by atoms with Gasteiger partial charge in [-0.15, -0.1) is 0 Å². The minimum absolute atomic E-state index is 0.00264. The number of carbonyl (C=O) groups is 2. The van der Waals surface area contributed by atoms with E-state index >= 15 is 0 Å². The van der Waals surface area contributed by atoms with Crippen LogP contribution in [0, 0.1) is 0 Å². The first-order chi connectivity index (χ1) is 20.0. The SMILES string of the molecule is O=Cc1cccnc1Sc1c(CNC(=O)OCC2c3ccccc3-c3ccccc32)cc(C(F)(F)F)cc1C(F)(F)F. The molecule has 0 fully saturated rings. The smallest absolute Gasteiger partial charge is 0.417 e. The summed E-state index contributed by atoms with van der Waals surface area (Å²) < 4.78 is 88.3. The fraction of sp³-hybridized carbons (Fsp3) is 0.167. The Labute approximate surface area is 239 Å². The summed E-state index contributed by atoms with van der Waals surface area (Å²) in [6.07, 6.45) is -9.69. The summed E-state index contributed by atoms with van der Waals surface area (Å²) in [7, 11) is 0. The number of hydrogen-bond donors (Lipinski definition) is 1. The van der Waals surface area contributed by atoms with Crippen molar-refractivity contribution in [2.24, 2.45) is 0 Å². The van der Waals surface area contributed by atoms with Crippen LogP contribution in [0.1, 0.15) is 44.1 Å². The highest BCUT2D eigenvalue weighted by atomic mass is 32.2. The molecule has 3 aromatic carbocycles. The highest BCUT2D eigenvalue weighted by Gasteiger charge is 2.40. The normalized spacial score (nSPS) is 12.9. The van der Waals surface area contributed by atoms with Crippen LogP contribution in [-0.2, 0) is 23.6 Å². The Hall–Kier alpha value is -4.32. The average Bonchev–Trinajstić information content (AvgIpc) is 3.28. The second kappa shape index (κ2) is 11.5. The first-order valence-corrected chi connectivity index (χ1v) is 13.3. The molecule has 0 unspecified atom stereocenters. The minimum Gasteiger partial charge on any atom is -0.449 e. The molecule has 1 amide bonds. The lowest BCUT2D eigenvalue weighted by atomic mass is 9.98. The number of amides is 1. The number of alkyl halides is 6. The summed E-state index contributed by atoms with van der Waals surface area (Å²) in [4.78, 5) is 27.4. The minimum atomic E-state index is -5.18. The van der Waals surface area contributed by atoms with Gasteiger partial charge in [0.2, 0.25) is 0 Å². The Morgan fingerprint density at radius 3 is 2.14 bits per heavy atom. The van der Waals surface area contributed by atoms with E-state index in [-0.39, 0.29) is 29.2 Å². The van der Waals surface area contributed by atoms with E-state index in [0.717, 1.165) is 22.3 Å². The molecule has 1 aromatic heterocycles. The number of aromatic nitrogens is 1. The van der Waals surface area contributed by atoms with Crippen LogP contribution >= 0.6 is 11.8 Å². The summed E-state index contributed by atoms with van der Waals surface area (Å²) in [5.41, 5.74) is 0.185. The van der Waals surface area contributed by atoms with Crippen molar-refractivity contribution in [1.29, 1.82) is 0 Å². The van der Waals surface area contributed by atoms with Crippen LogP contribution in [0.25, 0.3) is 11.1 Å². The van der Waals surface area contributed by atoms with E-state index in [9.17, 15) is 35.9 Å². The van der Waals surface area contributed by atoms with Gasteiger partial charge in [-0.3, -0.25) is 4.79 Å². The second-order valence-corrected chi connectivity index (χ2v) is 10.3. The Morgan fingerprint density at radius 1 is 0.905 bits per heavy atom. The van der Waals surface area contributed by atoms with Crippen LogP contribution in [-0.4, -0.2) is 24.0 Å². The van der Waals surface area contributed by atoms with Crippen LogP contribution in [0.5, 0.6) is 0 Å². The van der Waals surface area contributed by atoms with Crippen molar-refractivity contribution in [1.82, 2.24) is 10.3 Å². The van der Waals surface area contributed by atoms with Crippen molar-refractivity contribution >= 4 is 24.1 Å². The topological polar surface area (TPSA) is 68.3 Å². The van der Waals surface area contributed by atoms with E-state index in [0.29, 0.717) is 24.1 Å². The largest absolute Gasteiger partial charge is 0.449 e. The molecular weight excluding hydrogens is 582 g/mol. The molecule has 4 aromatic rings. The van der Waals surface area contributed by atoms with Gasteiger partial charge in [-0.1, -0.05) is 60.3 Å². The summed E-state index contributed by atoms with van der Waals surface area (Å²) in [5, 5.41) is 2.15. The van der Waals surface area contributed by atoms with Crippen LogP contribution in [0.15, 0.2) is 88.9 Å². The predicted molar refractivity (Wildman–Crippen MR) is 142 cm³/mol. The maximum Gasteiger partial charge on any atom is 0.417 e. The molecule has 0 bridgehead atoms. The molecule has 12 heteroatoms. The molecular formula is C30H20F6N2O3S. The third kappa shape index (κ3) is 5.98. The predicted octanol–water partition coefficient (Wildman–Crippen LogP) is 8.12. The molecule has 1 aliphatic rings. The fourth-order valence-corrected chi connectivity index (χ4v) is 5.89. The van der Waals surface area contributed by atoms with Crippen molar-refractivity contribution in [2.45, 2.75) is 34.7 Å². The first-order valence-electron chi connectivity index (χ1n) is 12.5. The van der Waals surface area contributed by atoms with Crippen molar-refractivity contribution in [2.75, 3.05) is 6.61 Å². The van der Waals surface area contributed by atoms with E-state index in [4.69, 9.17) is 4.74 Å². The lowest BCUT2D eigenvalue weighted by molar-refractivity contribution is -0.144. The lowest BCUT2D eigenvalue weighted by Crippen LogP contribution is -2.26. The highest BCUT2D eigenvalue weighted by Crippen LogP contribution is 2.46. The molecule has 0 radical (unpaired) electrons. The molecule has 5 nitrogen and oxygen atoms in total. The van der Waals surface area contributed by atoms with Crippen LogP contribution < -0.4 is 5.32 Å². The second-order valence-electron chi connectivity index (χ2n) is 9.30. The zero-order chi connectivity index (χ0) is 30.1. The summed E-state index contributed by atoms with van der Waals surface area (Å²) in [6, 6.07) is 18.4. The Balaban J connectivity index is 1.41. The van der Waals surface area contributed by atoms with Crippen molar-refractivity contribution in [3.63, 3.8) is 0 Å². The molecule has 1 heterocycles. The van der Waals surface area contributed by atoms with Gasteiger partial charge in [0.25, 0.3) is 0 Å². The Morgan fingerprint density at radius 2 is 1.55 bits per heavy atom. The number of alkyl carbamates (subject to hydrolysis) is 1. The Kier molecular flexibility index (Phi) is 8.00. The number of pyridine rings is 1. The van der Waals surface area contributed by atoms with E-state index in [2.05, 4.69) is 10.3 Å². The standard InChI is InChI=1S/C30H20F6N2O3S/c31-29(32,33)19-12-18(26(25(13-19)30(34,35)36)42-27-17(15-39)6-5-11-37-27)14-38-28(40)41-16-24-22-9-3-1-7-20(22)21-8-2-4-10-23(21)24/h1-13,15,24H,14,16H2,(H,38,40). The van der Waals surface area contributed by atoms with Crippen LogP contribution in [0.4, 0.5) is 31.1 Å². The third-order valence-corrected chi connectivity index (χ3v) is 7.91. The number of rotatable bonds is 7. The van der Waals surface area contributed by atoms with Gasteiger partial charge < -0.3 is 10.1 Å². The van der Waals surface area contributed by atoms with Gasteiger partial charge in [0.15, 0.2) is 6.29 Å². The van der Waals surface area contributed by atoms with Gasteiger partial charge in [0, 0.05) is 29.1 Å². The fourth-order valence-electron chi connectivity index (χ4n) is 4.81. The van der Waals surface area contributed by atoms with E-state index in [1.165, 1.54) is 18.3 Å². The molecule has 0 aliphatic heterocycles. The number of fused-ring (bicyclic) bond motifs is 3. The molecule has 216 valence electrons. The lowest BCUT2D eigenvalue weighted by Gasteiger charge is -2.20. The number of benzene rings is 3. The van der Waals surface area contributed by atoms with Gasteiger partial charge in [-0.05, 0) is 52.1 Å². The van der Waals surface area contributed by atoms with Crippen molar-refractivity contribution in [3.05, 3.63) is 112 Å². The monoisotopic (exact) mass is 602 g/mol. The van der Waals surface area contributed by atoms with Gasteiger partial charge in [0.05, 0.1) is 11.1 Å². The third-order valence-electron chi connectivity index (χ3n) is 6.69. The molecule has 0 saturated carbocycles. The summed E-state index contributed by atoms with van der Waals surface area (Å²) >= 11 is 0.386. The molecule has 42 heavy (non-hydrogen) atoms. The number of carbonyl (C=O) groups excluding carboxylic acids is 2. The van der Waals surface area contributed by atoms with Gasteiger partial charge >= 0.3 is 18.4 Å². The summed E-state index contributed by atoms with van der Waals surface area (Å²) in [5.74, 6) is -0.300. The highest BCUT2D eigenvalue weighted by molar-refractivity contribution is 7.99. The number of aldehydes is 1. The molecule has 0 spiro atoms. The van der Waals surface area contributed by atoms with Crippen LogP contribution in [0.3, 0.4) is 0 Å². The molecule has 1 aliphatic carbocycles. The molecule has 0 saturated heterocycles. The van der Waals surface area contributed by atoms with Crippen LogP contribution in [0.2, 0.25) is 0 Å². The zero-order valence-corrected chi connectivity index (χ0v) is 22.2. The quantitative estimate of drug-likeness (QED) is 0.171. The summed E-state index contributed by atoms with van der Waals surface area (Å²) in [6.45, 7) is -0.816. The Bertz CT molecular complexity index is 1610.